The predicted molar refractivity (Wildman–Crippen MR) is 81.1 cm³/mol. The molecule has 0 aromatic heterocycles. The lowest BCUT2D eigenvalue weighted by Crippen LogP contribution is -2.35. The number of likely N-dealkylation sites (tertiary alicyclic amines) is 1. The van der Waals surface area contributed by atoms with Crippen molar-refractivity contribution in [2.24, 2.45) is 5.92 Å². The molecule has 1 heterocycles. The van der Waals surface area contributed by atoms with E-state index in [2.05, 4.69) is 41.8 Å². The van der Waals surface area contributed by atoms with E-state index in [0.717, 1.165) is 13.1 Å². The molecule has 1 saturated heterocycles. The Morgan fingerprint density at radius 2 is 2.11 bits per heavy atom. The standard InChI is InChI=1S/C14H20BrN3O/c1-9-7-18(8-12(9)17(2)3)14(19)10-5-4-6-11(16)13(10)15/h4-6,9,12H,7-8,16H2,1-3H3. The van der Waals surface area contributed by atoms with Crippen LogP contribution >= 0.6 is 15.9 Å². The molecule has 5 heteroatoms. The molecule has 1 amide bonds. The number of amides is 1. The number of halogens is 1. The number of nitrogen functional groups attached to an aromatic ring is 1. The number of hydrogen-bond acceptors (Lipinski definition) is 3. The first kappa shape index (κ1) is 14.3. The second kappa shape index (κ2) is 5.51. The molecule has 2 N–H and O–H groups in total. The Morgan fingerprint density at radius 1 is 1.42 bits per heavy atom. The molecule has 1 fully saturated rings. The summed E-state index contributed by atoms with van der Waals surface area (Å²) < 4.78 is 0.695. The van der Waals surface area contributed by atoms with E-state index in [-0.39, 0.29) is 5.91 Å². The molecule has 0 aliphatic carbocycles. The molecule has 2 rings (SSSR count). The van der Waals surface area contributed by atoms with Crippen LogP contribution in [0, 0.1) is 5.92 Å². The summed E-state index contributed by atoms with van der Waals surface area (Å²) in [5.41, 5.74) is 7.08. The first-order valence-corrected chi connectivity index (χ1v) is 7.20. The zero-order valence-corrected chi connectivity index (χ0v) is 13.1. The Morgan fingerprint density at radius 3 is 2.68 bits per heavy atom. The SMILES string of the molecule is CC1CN(C(=O)c2cccc(N)c2Br)CC1N(C)C. The molecule has 104 valence electrons. The van der Waals surface area contributed by atoms with Gasteiger partial charge < -0.3 is 15.5 Å². The Balaban J connectivity index is 2.20. The number of hydrogen-bond donors (Lipinski definition) is 1. The number of carbonyl (C=O) groups is 1. The van der Waals surface area contributed by atoms with Crippen LogP contribution < -0.4 is 5.73 Å². The molecular weight excluding hydrogens is 306 g/mol. The van der Waals surface area contributed by atoms with E-state index in [1.54, 1.807) is 6.07 Å². The first-order chi connectivity index (χ1) is 8.91. The van der Waals surface area contributed by atoms with Crippen molar-refractivity contribution >= 4 is 27.5 Å². The summed E-state index contributed by atoms with van der Waals surface area (Å²) in [5, 5.41) is 0. The van der Waals surface area contributed by atoms with Crippen LogP contribution in [0.3, 0.4) is 0 Å². The van der Waals surface area contributed by atoms with Crippen molar-refractivity contribution in [3.05, 3.63) is 28.2 Å². The predicted octanol–water partition coefficient (Wildman–Crippen LogP) is 2.05. The number of carbonyl (C=O) groups excluding carboxylic acids is 1. The lowest BCUT2D eigenvalue weighted by Gasteiger charge is -2.22. The summed E-state index contributed by atoms with van der Waals surface area (Å²) in [6.45, 7) is 3.75. The van der Waals surface area contributed by atoms with Gasteiger partial charge in [0.15, 0.2) is 0 Å². The van der Waals surface area contributed by atoms with Crippen molar-refractivity contribution in [1.29, 1.82) is 0 Å². The van der Waals surface area contributed by atoms with Gasteiger partial charge in [0.05, 0.1) is 10.0 Å². The second-order valence-electron chi connectivity index (χ2n) is 5.43. The number of benzene rings is 1. The van der Waals surface area contributed by atoms with Gasteiger partial charge in [0, 0.05) is 24.8 Å². The second-order valence-corrected chi connectivity index (χ2v) is 6.22. The van der Waals surface area contributed by atoms with Crippen LogP contribution in [0.1, 0.15) is 17.3 Å². The minimum Gasteiger partial charge on any atom is -0.398 e. The largest absolute Gasteiger partial charge is 0.398 e. The van der Waals surface area contributed by atoms with Crippen molar-refractivity contribution in [2.75, 3.05) is 32.9 Å². The highest BCUT2D eigenvalue weighted by Gasteiger charge is 2.34. The zero-order chi connectivity index (χ0) is 14.2. The smallest absolute Gasteiger partial charge is 0.255 e. The topological polar surface area (TPSA) is 49.6 Å². The molecule has 0 spiro atoms. The van der Waals surface area contributed by atoms with Gasteiger partial charge in [-0.1, -0.05) is 13.0 Å². The Labute approximate surface area is 122 Å². The van der Waals surface area contributed by atoms with Crippen LogP contribution in [0.4, 0.5) is 5.69 Å². The average Bonchev–Trinajstić information content (AvgIpc) is 2.74. The normalized spacial score (nSPS) is 23.1. The van der Waals surface area contributed by atoms with E-state index >= 15 is 0 Å². The lowest BCUT2D eigenvalue weighted by molar-refractivity contribution is 0.0780. The van der Waals surface area contributed by atoms with Gasteiger partial charge in [0.1, 0.15) is 0 Å². The maximum atomic E-state index is 12.6. The summed E-state index contributed by atoms with van der Waals surface area (Å²) in [6, 6.07) is 5.84. The number of nitrogens with two attached hydrogens (primary N) is 1. The van der Waals surface area contributed by atoms with Crippen LogP contribution in [0.25, 0.3) is 0 Å². The Bertz CT molecular complexity index is 490. The van der Waals surface area contributed by atoms with Gasteiger partial charge in [-0.05, 0) is 48.1 Å². The molecular formula is C14H20BrN3O. The summed E-state index contributed by atoms with van der Waals surface area (Å²) in [5.74, 6) is 0.536. The molecule has 1 aromatic rings. The zero-order valence-electron chi connectivity index (χ0n) is 11.6. The van der Waals surface area contributed by atoms with Crippen molar-refractivity contribution < 1.29 is 4.79 Å². The van der Waals surface area contributed by atoms with Crippen LogP contribution in [-0.4, -0.2) is 48.9 Å². The molecule has 2 unspecified atom stereocenters. The first-order valence-electron chi connectivity index (χ1n) is 6.41. The number of nitrogens with zero attached hydrogens (tertiary/aromatic N) is 2. The van der Waals surface area contributed by atoms with Gasteiger partial charge in [-0.3, -0.25) is 4.79 Å². The van der Waals surface area contributed by atoms with Crippen molar-refractivity contribution in [3.8, 4) is 0 Å². The van der Waals surface area contributed by atoms with Gasteiger partial charge in [-0.25, -0.2) is 0 Å². The molecule has 0 radical (unpaired) electrons. The van der Waals surface area contributed by atoms with Crippen LogP contribution in [-0.2, 0) is 0 Å². The van der Waals surface area contributed by atoms with E-state index in [4.69, 9.17) is 5.73 Å². The molecule has 0 saturated carbocycles. The summed E-state index contributed by atoms with van der Waals surface area (Å²) in [7, 11) is 4.12. The van der Waals surface area contributed by atoms with Crippen LogP contribution in [0.5, 0.6) is 0 Å². The summed E-state index contributed by atoms with van der Waals surface area (Å²) >= 11 is 3.40. The summed E-state index contributed by atoms with van der Waals surface area (Å²) in [6.07, 6.45) is 0. The molecule has 4 nitrogen and oxygen atoms in total. The van der Waals surface area contributed by atoms with Crippen molar-refractivity contribution in [3.63, 3.8) is 0 Å². The number of likely N-dealkylation sites (N-methyl/N-ethyl adjacent to an activating group) is 1. The maximum absolute atomic E-state index is 12.6. The van der Waals surface area contributed by atoms with Gasteiger partial charge in [0.25, 0.3) is 5.91 Å². The van der Waals surface area contributed by atoms with E-state index in [1.165, 1.54) is 0 Å². The van der Waals surface area contributed by atoms with Gasteiger partial charge >= 0.3 is 0 Å². The fourth-order valence-corrected chi connectivity index (χ4v) is 3.11. The highest BCUT2D eigenvalue weighted by atomic mass is 79.9. The van der Waals surface area contributed by atoms with E-state index < -0.39 is 0 Å². The minimum atomic E-state index is 0.0513. The Kier molecular flexibility index (Phi) is 4.16. The third kappa shape index (κ3) is 2.77. The van der Waals surface area contributed by atoms with Gasteiger partial charge in [-0.2, -0.15) is 0 Å². The van der Waals surface area contributed by atoms with E-state index in [9.17, 15) is 4.79 Å². The number of anilines is 1. The van der Waals surface area contributed by atoms with Crippen molar-refractivity contribution in [2.45, 2.75) is 13.0 Å². The highest BCUT2D eigenvalue weighted by molar-refractivity contribution is 9.10. The van der Waals surface area contributed by atoms with Crippen LogP contribution in [0.15, 0.2) is 22.7 Å². The quantitative estimate of drug-likeness (QED) is 0.847. The number of rotatable bonds is 2. The fraction of sp³-hybridized carbons (Fsp3) is 0.500. The van der Waals surface area contributed by atoms with Crippen molar-refractivity contribution in [1.82, 2.24) is 9.80 Å². The molecule has 1 aromatic carbocycles. The van der Waals surface area contributed by atoms with E-state index in [1.807, 2.05) is 17.0 Å². The maximum Gasteiger partial charge on any atom is 0.255 e. The lowest BCUT2D eigenvalue weighted by atomic mass is 10.1. The molecule has 2 atom stereocenters. The molecule has 1 aliphatic rings. The fourth-order valence-electron chi connectivity index (χ4n) is 2.67. The van der Waals surface area contributed by atoms with Gasteiger partial charge in [-0.15, -0.1) is 0 Å². The van der Waals surface area contributed by atoms with Crippen LogP contribution in [0.2, 0.25) is 0 Å². The molecule has 1 aliphatic heterocycles. The molecule has 0 bridgehead atoms. The average molecular weight is 326 g/mol. The third-order valence-corrected chi connectivity index (χ3v) is 4.67. The van der Waals surface area contributed by atoms with E-state index in [0.29, 0.717) is 27.7 Å². The molecule has 19 heavy (non-hydrogen) atoms. The monoisotopic (exact) mass is 325 g/mol. The minimum absolute atomic E-state index is 0.0513. The van der Waals surface area contributed by atoms with Gasteiger partial charge in [0.2, 0.25) is 0 Å². The third-order valence-electron chi connectivity index (χ3n) is 3.78. The highest BCUT2D eigenvalue weighted by Crippen LogP contribution is 2.28. The Hall–Kier alpha value is -1.07. The summed E-state index contributed by atoms with van der Waals surface area (Å²) in [4.78, 5) is 16.7.